The standard InChI is InChI=1S/C25H25ClN2O5/c1-31-21-14-10-16(23(32-2)24(21)33-3)11-15-22(29)27-19-6-4-5-7-20(19)28-25(30)17-8-12-18(26)13-9-17/h4-10,12-14H,11,15H2,1-3H3,(H,27,29)(H,28,30). The first kappa shape index (κ1) is 23.9. The monoisotopic (exact) mass is 468 g/mol. The molecule has 0 saturated heterocycles. The lowest BCUT2D eigenvalue weighted by molar-refractivity contribution is -0.116. The predicted molar refractivity (Wildman–Crippen MR) is 129 cm³/mol. The Kier molecular flexibility index (Phi) is 8.16. The first-order valence-corrected chi connectivity index (χ1v) is 10.6. The second-order valence-electron chi connectivity index (χ2n) is 7.05. The largest absolute Gasteiger partial charge is 0.493 e. The van der Waals surface area contributed by atoms with Gasteiger partial charge in [0.1, 0.15) is 0 Å². The van der Waals surface area contributed by atoms with Gasteiger partial charge < -0.3 is 24.8 Å². The number of para-hydroxylation sites is 2. The van der Waals surface area contributed by atoms with Crippen LogP contribution in [0.15, 0.2) is 60.7 Å². The van der Waals surface area contributed by atoms with E-state index in [9.17, 15) is 9.59 Å². The van der Waals surface area contributed by atoms with Crippen LogP contribution in [0.4, 0.5) is 11.4 Å². The lowest BCUT2D eigenvalue weighted by atomic mass is 10.1. The second kappa shape index (κ2) is 11.2. The summed E-state index contributed by atoms with van der Waals surface area (Å²) >= 11 is 5.88. The number of amides is 2. The highest BCUT2D eigenvalue weighted by Crippen LogP contribution is 2.40. The molecule has 33 heavy (non-hydrogen) atoms. The van der Waals surface area contributed by atoms with Gasteiger partial charge in [0.25, 0.3) is 5.91 Å². The Bertz CT molecular complexity index is 1130. The fourth-order valence-electron chi connectivity index (χ4n) is 3.32. The number of hydrogen-bond donors (Lipinski definition) is 2. The van der Waals surface area contributed by atoms with Crippen LogP contribution in [0.25, 0.3) is 0 Å². The minimum absolute atomic E-state index is 0.200. The van der Waals surface area contributed by atoms with E-state index < -0.39 is 0 Å². The van der Waals surface area contributed by atoms with Gasteiger partial charge >= 0.3 is 0 Å². The zero-order valence-electron chi connectivity index (χ0n) is 18.6. The Morgan fingerprint density at radius 1 is 0.788 bits per heavy atom. The highest BCUT2D eigenvalue weighted by Gasteiger charge is 2.17. The molecule has 2 N–H and O–H groups in total. The molecule has 0 saturated carbocycles. The number of nitrogens with one attached hydrogen (secondary N) is 2. The van der Waals surface area contributed by atoms with Gasteiger partial charge in [0.05, 0.1) is 32.7 Å². The van der Waals surface area contributed by atoms with Crippen molar-refractivity contribution in [1.29, 1.82) is 0 Å². The molecular weight excluding hydrogens is 444 g/mol. The van der Waals surface area contributed by atoms with E-state index in [0.717, 1.165) is 5.56 Å². The van der Waals surface area contributed by atoms with Crippen molar-refractivity contribution >= 4 is 34.8 Å². The topological polar surface area (TPSA) is 85.9 Å². The summed E-state index contributed by atoms with van der Waals surface area (Å²) in [4.78, 5) is 25.2. The zero-order valence-corrected chi connectivity index (χ0v) is 19.4. The van der Waals surface area contributed by atoms with Gasteiger partial charge in [-0.3, -0.25) is 9.59 Å². The summed E-state index contributed by atoms with van der Waals surface area (Å²) in [5, 5.41) is 6.23. The maximum Gasteiger partial charge on any atom is 0.255 e. The van der Waals surface area contributed by atoms with Crippen LogP contribution >= 0.6 is 11.6 Å². The van der Waals surface area contributed by atoms with Gasteiger partial charge in [0.15, 0.2) is 11.5 Å². The van der Waals surface area contributed by atoms with Crippen LogP contribution in [0.1, 0.15) is 22.3 Å². The van der Waals surface area contributed by atoms with E-state index in [2.05, 4.69) is 10.6 Å². The van der Waals surface area contributed by atoms with Crippen LogP contribution in [-0.2, 0) is 11.2 Å². The molecular formula is C25H25ClN2O5. The molecule has 0 aliphatic rings. The van der Waals surface area contributed by atoms with Gasteiger partial charge in [0.2, 0.25) is 11.7 Å². The summed E-state index contributed by atoms with van der Waals surface area (Å²) in [7, 11) is 4.63. The number of carbonyl (C=O) groups excluding carboxylic acids is 2. The van der Waals surface area contributed by atoms with Gasteiger partial charge in [-0.1, -0.05) is 29.8 Å². The molecule has 0 heterocycles. The van der Waals surface area contributed by atoms with Crippen molar-refractivity contribution in [3.63, 3.8) is 0 Å². The molecule has 0 fully saturated rings. The number of aryl methyl sites for hydroxylation is 1. The molecule has 0 unspecified atom stereocenters. The molecule has 0 bridgehead atoms. The molecule has 3 aromatic carbocycles. The first-order chi connectivity index (χ1) is 16.0. The minimum Gasteiger partial charge on any atom is -0.493 e. The highest BCUT2D eigenvalue weighted by atomic mass is 35.5. The number of halogens is 1. The summed E-state index contributed by atoms with van der Waals surface area (Å²) in [5.41, 5.74) is 2.27. The summed E-state index contributed by atoms with van der Waals surface area (Å²) < 4.78 is 16.2. The van der Waals surface area contributed by atoms with Gasteiger partial charge in [-0.2, -0.15) is 0 Å². The normalized spacial score (nSPS) is 10.3. The summed E-state index contributed by atoms with van der Waals surface area (Å²) in [5.74, 6) is 1.05. The third kappa shape index (κ3) is 5.96. The molecule has 0 aliphatic heterocycles. The van der Waals surface area contributed by atoms with Crippen molar-refractivity contribution in [1.82, 2.24) is 0 Å². The van der Waals surface area contributed by atoms with Crippen LogP contribution in [-0.4, -0.2) is 33.1 Å². The number of anilines is 2. The van der Waals surface area contributed by atoms with Crippen molar-refractivity contribution in [3.8, 4) is 17.2 Å². The first-order valence-electron chi connectivity index (χ1n) is 10.2. The minimum atomic E-state index is -0.302. The molecule has 0 atom stereocenters. The number of ether oxygens (including phenoxy) is 3. The number of rotatable bonds is 9. The maximum absolute atomic E-state index is 12.7. The van der Waals surface area contributed by atoms with Crippen molar-refractivity contribution in [2.75, 3.05) is 32.0 Å². The number of benzene rings is 3. The van der Waals surface area contributed by atoms with E-state index in [0.29, 0.717) is 45.6 Å². The predicted octanol–water partition coefficient (Wildman–Crippen LogP) is 5.19. The SMILES string of the molecule is COc1ccc(CCC(=O)Nc2ccccc2NC(=O)c2ccc(Cl)cc2)c(OC)c1OC. The van der Waals surface area contributed by atoms with Crippen molar-refractivity contribution < 1.29 is 23.8 Å². The highest BCUT2D eigenvalue weighted by molar-refractivity contribution is 6.30. The van der Waals surface area contributed by atoms with E-state index in [1.807, 2.05) is 6.07 Å². The Morgan fingerprint density at radius 2 is 1.42 bits per heavy atom. The number of hydrogen-bond acceptors (Lipinski definition) is 5. The fraction of sp³-hybridized carbons (Fsp3) is 0.200. The van der Waals surface area contributed by atoms with Crippen LogP contribution < -0.4 is 24.8 Å². The van der Waals surface area contributed by atoms with Gasteiger partial charge in [-0.05, 0) is 54.4 Å². The number of methoxy groups -OCH3 is 3. The van der Waals surface area contributed by atoms with Gasteiger partial charge in [-0.15, -0.1) is 0 Å². The lowest BCUT2D eigenvalue weighted by Crippen LogP contribution is -2.17. The Labute approximate surface area is 197 Å². The van der Waals surface area contributed by atoms with Crippen LogP contribution in [0.3, 0.4) is 0 Å². The molecule has 0 spiro atoms. The maximum atomic E-state index is 12.7. The zero-order chi connectivity index (χ0) is 23.8. The molecule has 7 nitrogen and oxygen atoms in total. The molecule has 3 rings (SSSR count). The lowest BCUT2D eigenvalue weighted by Gasteiger charge is -2.16. The van der Waals surface area contributed by atoms with Crippen molar-refractivity contribution in [2.45, 2.75) is 12.8 Å². The molecule has 2 amide bonds. The Balaban J connectivity index is 1.68. The van der Waals surface area contributed by atoms with Crippen molar-refractivity contribution in [3.05, 3.63) is 76.8 Å². The Morgan fingerprint density at radius 3 is 2.03 bits per heavy atom. The Hall–Kier alpha value is -3.71. The molecule has 3 aromatic rings. The van der Waals surface area contributed by atoms with E-state index >= 15 is 0 Å². The van der Waals surface area contributed by atoms with E-state index in [1.54, 1.807) is 68.8 Å². The molecule has 0 aliphatic carbocycles. The summed E-state index contributed by atoms with van der Waals surface area (Å²) in [6.45, 7) is 0. The third-order valence-corrected chi connectivity index (χ3v) is 5.21. The van der Waals surface area contributed by atoms with Crippen LogP contribution in [0, 0.1) is 0 Å². The molecule has 172 valence electrons. The van der Waals surface area contributed by atoms with Crippen LogP contribution in [0.5, 0.6) is 17.2 Å². The molecule has 8 heteroatoms. The number of carbonyl (C=O) groups is 2. The van der Waals surface area contributed by atoms with E-state index in [-0.39, 0.29) is 18.2 Å². The summed E-state index contributed by atoms with van der Waals surface area (Å²) in [6.07, 6.45) is 0.625. The average Bonchev–Trinajstić information content (AvgIpc) is 2.83. The van der Waals surface area contributed by atoms with Crippen molar-refractivity contribution in [2.24, 2.45) is 0 Å². The van der Waals surface area contributed by atoms with Gasteiger partial charge in [-0.25, -0.2) is 0 Å². The second-order valence-corrected chi connectivity index (χ2v) is 7.48. The van der Waals surface area contributed by atoms with Crippen LogP contribution in [0.2, 0.25) is 5.02 Å². The molecule has 0 radical (unpaired) electrons. The molecule has 0 aromatic heterocycles. The van der Waals surface area contributed by atoms with Gasteiger partial charge in [0, 0.05) is 17.0 Å². The third-order valence-electron chi connectivity index (χ3n) is 4.96. The van der Waals surface area contributed by atoms with E-state index in [4.69, 9.17) is 25.8 Å². The van der Waals surface area contributed by atoms with E-state index in [1.165, 1.54) is 7.11 Å². The fourth-order valence-corrected chi connectivity index (χ4v) is 3.44. The smallest absolute Gasteiger partial charge is 0.255 e. The average molecular weight is 469 g/mol. The quantitative estimate of drug-likeness (QED) is 0.451. The summed E-state index contributed by atoms with van der Waals surface area (Å²) in [6, 6.07) is 17.2.